The highest BCUT2D eigenvalue weighted by Gasteiger charge is 2.41. The van der Waals surface area contributed by atoms with Gasteiger partial charge in [0.15, 0.2) is 8.32 Å². The molecule has 8 heteroatoms. The minimum Gasteiger partial charge on any atom is -0.457 e. The molecule has 33 heavy (non-hydrogen) atoms. The van der Waals surface area contributed by atoms with Crippen LogP contribution in [0.25, 0.3) is 0 Å². The lowest BCUT2D eigenvalue weighted by Crippen LogP contribution is -2.46. The molecule has 0 saturated heterocycles. The van der Waals surface area contributed by atoms with E-state index in [4.69, 9.17) is 13.9 Å². The monoisotopic (exact) mass is 482 g/mol. The van der Waals surface area contributed by atoms with E-state index >= 15 is 0 Å². The highest BCUT2D eigenvalue weighted by atomic mass is 28.4. The quantitative estimate of drug-likeness (QED) is 0.203. The molecule has 0 aliphatic carbocycles. The average Bonchev–Trinajstić information content (AvgIpc) is 2.65. The Labute approximate surface area is 199 Å². The second-order valence-electron chi connectivity index (χ2n) is 10.8. The number of aliphatic hydroxyl groups is 1. The van der Waals surface area contributed by atoms with Crippen LogP contribution in [-0.2, 0) is 28.3 Å². The fraction of sp³-hybridized carbons (Fsp3) is 0.720. The van der Waals surface area contributed by atoms with Crippen molar-refractivity contribution in [3.05, 3.63) is 23.8 Å². The number of rotatable bonds is 5. The topological polar surface area (TPSA) is 99.1 Å². The van der Waals surface area contributed by atoms with Crippen molar-refractivity contribution in [2.45, 2.75) is 110 Å². The van der Waals surface area contributed by atoms with Crippen molar-refractivity contribution in [1.82, 2.24) is 0 Å². The van der Waals surface area contributed by atoms with Gasteiger partial charge in [-0.3, -0.25) is 14.4 Å². The molecule has 1 aliphatic heterocycles. The number of ether oxygens (including phenoxy) is 2. The summed E-state index contributed by atoms with van der Waals surface area (Å²) in [6.07, 6.45) is 4.09. The van der Waals surface area contributed by atoms with Gasteiger partial charge >= 0.3 is 11.9 Å². The number of cyclic esters (lactones) is 1. The number of allylic oxidation sites excluding steroid dienone is 1. The molecule has 0 aromatic rings. The van der Waals surface area contributed by atoms with Crippen LogP contribution in [0.15, 0.2) is 23.8 Å². The highest BCUT2D eigenvalue weighted by Crippen LogP contribution is 2.39. The fourth-order valence-electron chi connectivity index (χ4n) is 3.51. The number of carbonyl (C=O) groups is 3. The third-order valence-corrected chi connectivity index (χ3v) is 11.2. The molecular formula is C25H42O7Si. The van der Waals surface area contributed by atoms with E-state index in [-0.39, 0.29) is 23.8 Å². The van der Waals surface area contributed by atoms with Gasteiger partial charge in [-0.1, -0.05) is 33.8 Å². The van der Waals surface area contributed by atoms with Gasteiger partial charge in [-0.25, -0.2) is 0 Å². The molecule has 1 rings (SSSR count). The maximum Gasteiger partial charge on any atom is 0.308 e. The predicted octanol–water partition coefficient (Wildman–Crippen LogP) is 4.49. The van der Waals surface area contributed by atoms with Crippen LogP contribution >= 0.6 is 0 Å². The van der Waals surface area contributed by atoms with Gasteiger partial charge in [-0.05, 0) is 62.5 Å². The first-order valence-electron chi connectivity index (χ1n) is 11.6. The van der Waals surface area contributed by atoms with Crippen molar-refractivity contribution in [3.63, 3.8) is 0 Å². The van der Waals surface area contributed by atoms with Crippen molar-refractivity contribution in [1.29, 1.82) is 0 Å². The molecule has 7 nitrogen and oxygen atoms in total. The van der Waals surface area contributed by atoms with Crippen LogP contribution in [0, 0.1) is 5.92 Å². The standard InChI is InChI=1S/C25H42O7Si/c1-17-10-11-21(30-19(3)27)25(7,29)14-12-20(32-33(8,9)24(4,5)6)16-22(28)31-23(17)18(2)13-15-26/h10-11,13,15,17,20-21,23,29H,12,14,16H2,1-9H3/b11-10-,18-13+/t17-,20+,21-,23-,25+/m0/s1. The smallest absolute Gasteiger partial charge is 0.308 e. The van der Waals surface area contributed by atoms with Crippen LogP contribution in [-0.4, -0.2) is 55.6 Å². The average molecular weight is 483 g/mol. The number of aldehydes is 1. The van der Waals surface area contributed by atoms with Crippen LogP contribution in [0.3, 0.4) is 0 Å². The van der Waals surface area contributed by atoms with Gasteiger partial charge < -0.3 is 19.0 Å². The van der Waals surface area contributed by atoms with Gasteiger partial charge in [0.25, 0.3) is 0 Å². The van der Waals surface area contributed by atoms with Crippen molar-refractivity contribution in [3.8, 4) is 0 Å². The molecule has 0 bridgehead atoms. The van der Waals surface area contributed by atoms with Gasteiger partial charge in [-0.15, -0.1) is 0 Å². The van der Waals surface area contributed by atoms with Crippen LogP contribution in [0.5, 0.6) is 0 Å². The van der Waals surface area contributed by atoms with Gasteiger partial charge in [0.1, 0.15) is 24.1 Å². The van der Waals surface area contributed by atoms with Gasteiger partial charge in [-0.2, -0.15) is 0 Å². The van der Waals surface area contributed by atoms with E-state index < -0.39 is 44.2 Å². The third kappa shape index (κ3) is 8.83. The zero-order valence-electron chi connectivity index (χ0n) is 21.6. The Hall–Kier alpha value is -1.77. The Morgan fingerprint density at radius 2 is 1.88 bits per heavy atom. The van der Waals surface area contributed by atoms with E-state index in [1.54, 1.807) is 26.0 Å². The zero-order chi connectivity index (χ0) is 25.6. The summed E-state index contributed by atoms with van der Waals surface area (Å²) in [5.74, 6) is -1.24. The summed E-state index contributed by atoms with van der Waals surface area (Å²) in [5, 5.41) is 11.1. The summed E-state index contributed by atoms with van der Waals surface area (Å²) >= 11 is 0. The second-order valence-corrected chi connectivity index (χ2v) is 15.6. The first-order valence-corrected chi connectivity index (χ1v) is 14.5. The van der Waals surface area contributed by atoms with Crippen LogP contribution in [0.1, 0.15) is 67.7 Å². The molecule has 5 atom stereocenters. The van der Waals surface area contributed by atoms with Crippen LogP contribution in [0.2, 0.25) is 18.1 Å². The largest absolute Gasteiger partial charge is 0.457 e. The lowest BCUT2D eigenvalue weighted by molar-refractivity contribution is -0.157. The summed E-state index contributed by atoms with van der Waals surface area (Å²) in [6, 6.07) is 0. The summed E-state index contributed by atoms with van der Waals surface area (Å²) < 4.78 is 17.8. The van der Waals surface area contributed by atoms with Crippen molar-refractivity contribution < 1.29 is 33.4 Å². The lowest BCUT2D eigenvalue weighted by Gasteiger charge is -2.40. The Kier molecular flexibility index (Phi) is 10.3. The lowest BCUT2D eigenvalue weighted by atomic mass is 9.89. The molecule has 0 saturated carbocycles. The van der Waals surface area contributed by atoms with Gasteiger partial charge in [0.05, 0.1) is 12.5 Å². The first-order chi connectivity index (χ1) is 15.0. The molecule has 0 amide bonds. The molecule has 1 aliphatic rings. The summed E-state index contributed by atoms with van der Waals surface area (Å²) in [6.45, 7) is 17.1. The first kappa shape index (κ1) is 29.3. The maximum atomic E-state index is 12.9. The fourth-order valence-corrected chi connectivity index (χ4v) is 4.90. The molecule has 188 valence electrons. The summed E-state index contributed by atoms with van der Waals surface area (Å²) in [4.78, 5) is 35.7. The molecule has 1 heterocycles. The van der Waals surface area contributed by atoms with Gasteiger partial charge in [0, 0.05) is 12.8 Å². The van der Waals surface area contributed by atoms with Crippen LogP contribution < -0.4 is 0 Å². The van der Waals surface area contributed by atoms with Crippen LogP contribution in [0.4, 0.5) is 0 Å². The summed E-state index contributed by atoms with van der Waals surface area (Å²) in [7, 11) is -2.21. The highest BCUT2D eigenvalue weighted by molar-refractivity contribution is 6.74. The van der Waals surface area contributed by atoms with E-state index in [1.165, 1.54) is 13.0 Å². The molecule has 1 N–H and O–H groups in total. The number of hydrogen-bond donors (Lipinski definition) is 1. The van der Waals surface area contributed by atoms with Gasteiger partial charge in [0.2, 0.25) is 0 Å². The van der Waals surface area contributed by atoms with Crippen molar-refractivity contribution >= 4 is 26.5 Å². The van der Waals surface area contributed by atoms with Crippen molar-refractivity contribution in [2.75, 3.05) is 0 Å². The van der Waals surface area contributed by atoms with Crippen molar-refractivity contribution in [2.24, 2.45) is 5.92 Å². The Morgan fingerprint density at radius 3 is 2.39 bits per heavy atom. The minimum atomic E-state index is -2.21. The van der Waals surface area contributed by atoms with E-state index in [9.17, 15) is 19.5 Å². The minimum absolute atomic E-state index is 0.0299. The molecule has 0 aromatic carbocycles. The molecule has 0 spiro atoms. The third-order valence-electron chi connectivity index (χ3n) is 6.65. The molecule has 0 fully saturated rings. The van der Waals surface area contributed by atoms with E-state index in [1.807, 2.05) is 6.92 Å². The predicted molar refractivity (Wildman–Crippen MR) is 130 cm³/mol. The van der Waals surface area contributed by atoms with E-state index in [0.29, 0.717) is 18.3 Å². The number of carbonyl (C=O) groups excluding carboxylic acids is 3. The molecule has 0 radical (unpaired) electrons. The second kappa shape index (κ2) is 11.6. The maximum absolute atomic E-state index is 12.9. The normalized spacial score (nSPS) is 31.6. The Balaban J connectivity index is 3.41. The zero-order valence-corrected chi connectivity index (χ0v) is 22.6. The summed E-state index contributed by atoms with van der Waals surface area (Å²) in [5.41, 5.74) is -0.756. The SMILES string of the molecule is CC(=O)O[C@H]1/C=C\[C@H](C)[C@@H](/C(C)=C/C=O)OC(=O)C[C@H](O[Si](C)(C)C(C)(C)C)CC[C@@]1(C)O. The van der Waals surface area contributed by atoms with E-state index in [2.05, 4.69) is 33.9 Å². The molecule has 0 unspecified atom stereocenters. The molecule has 0 aromatic heterocycles. The number of esters is 2. The Bertz CT molecular complexity index is 761. The number of hydrogen-bond acceptors (Lipinski definition) is 7. The Morgan fingerprint density at radius 1 is 1.27 bits per heavy atom. The van der Waals surface area contributed by atoms with E-state index in [0.717, 1.165) is 0 Å². The molecular weight excluding hydrogens is 440 g/mol.